The van der Waals surface area contributed by atoms with Crippen LogP contribution >= 0.6 is 0 Å². The number of nitrogens with one attached hydrogen (secondary N) is 1. The molecule has 0 unspecified atom stereocenters. The predicted octanol–water partition coefficient (Wildman–Crippen LogP) is 4.56. The maximum atomic E-state index is 14.3. The van der Waals surface area contributed by atoms with Gasteiger partial charge in [-0.05, 0) is 48.7 Å². The number of halogens is 1. The molecule has 166 valence electrons. The summed E-state index contributed by atoms with van der Waals surface area (Å²) in [6.07, 6.45) is 0. The lowest BCUT2D eigenvalue weighted by Gasteiger charge is -2.16. The zero-order valence-electron chi connectivity index (χ0n) is 18.1. The molecule has 3 aromatic rings. The van der Waals surface area contributed by atoms with Gasteiger partial charge >= 0.3 is 0 Å². The van der Waals surface area contributed by atoms with E-state index in [1.165, 1.54) is 6.07 Å². The van der Waals surface area contributed by atoms with Crippen LogP contribution in [0, 0.1) is 19.7 Å². The van der Waals surface area contributed by atoms with Crippen molar-refractivity contribution in [3.05, 3.63) is 94.4 Å². The molecule has 3 aromatic carbocycles. The van der Waals surface area contributed by atoms with Crippen LogP contribution in [0.25, 0.3) is 5.57 Å². The molecule has 2 aliphatic heterocycles. The van der Waals surface area contributed by atoms with Crippen molar-refractivity contribution in [1.82, 2.24) is 4.90 Å². The van der Waals surface area contributed by atoms with E-state index in [-0.39, 0.29) is 30.2 Å². The van der Waals surface area contributed by atoms with Crippen LogP contribution in [0.15, 0.2) is 66.4 Å². The second-order valence-electron chi connectivity index (χ2n) is 8.03. The molecule has 6 nitrogen and oxygen atoms in total. The van der Waals surface area contributed by atoms with Crippen LogP contribution in [-0.2, 0) is 16.1 Å². The Balaban J connectivity index is 1.56. The average Bonchev–Trinajstić information content (AvgIpc) is 3.35. The highest BCUT2D eigenvalue weighted by atomic mass is 19.1. The Bertz CT molecular complexity index is 1330. The van der Waals surface area contributed by atoms with Crippen molar-refractivity contribution in [3.8, 4) is 11.5 Å². The van der Waals surface area contributed by atoms with Gasteiger partial charge in [-0.1, -0.05) is 36.4 Å². The summed E-state index contributed by atoms with van der Waals surface area (Å²) in [4.78, 5) is 27.9. The van der Waals surface area contributed by atoms with Gasteiger partial charge in [-0.2, -0.15) is 0 Å². The molecule has 0 saturated heterocycles. The Hall–Kier alpha value is -4.13. The summed E-state index contributed by atoms with van der Waals surface area (Å²) in [5.41, 5.74) is 3.92. The lowest BCUT2D eigenvalue weighted by Crippen LogP contribution is -2.32. The molecule has 0 saturated carbocycles. The van der Waals surface area contributed by atoms with Crippen LogP contribution < -0.4 is 14.8 Å². The third-order valence-electron chi connectivity index (χ3n) is 5.89. The number of nitrogens with zero attached hydrogens (tertiary/aromatic N) is 1. The minimum atomic E-state index is -0.519. The Morgan fingerprint density at radius 2 is 1.70 bits per heavy atom. The maximum absolute atomic E-state index is 14.3. The topological polar surface area (TPSA) is 67.9 Å². The van der Waals surface area contributed by atoms with Crippen molar-refractivity contribution in [2.45, 2.75) is 20.4 Å². The summed E-state index contributed by atoms with van der Waals surface area (Å²) in [6.45, 7) is 3.89. The minimum Gasteiger partial charge on any atom is -0.454 e. The van der Waals surface area contributed by atoms with Crippen molar-refractivity contribution in [3.63, 3.8) is 0 Å². The van der Waals surface area contributed by atoms with Crippen molar-refractivity contribution in [2.75, 3.05) is 12.1 Å². The van der Waals surface area contributed by atoms with Crippen molar-refractivity contribution < 1.29 is 23.5 Å². The van der Waals surface area contributed by atoms with Crippen LogP contribution in [-0.4, -0.2) is 23.5 Å². The molecule has 0 radical (unpaired) electrons. The van der Waals surface area contributed by atoms with Gasteiger partial charge in [0.1, 0.15) is 11.5 Å². The van der Waals surface area contributed by atoms with E-state index in [1.54, 1.807) is 36.4 Å². The van der Waals surface area contributed by atoms with Gasteiger partial charge in [0.25, 0.3) is 11.8 Å². The highest BCUT2D eigenvalue weighted by Crippen LogP contribution is 2.37. The predicted molar refractivity (Wildman–Crippen MR) is 121 cm³/mol. The van der Waals surface area contributed by atoms with E-state index in [9.17, 15) is 14.0 Å². The summed E-state index contributed by atoms with van der Waals surface area (Å²) < 4.78 is 25.0. The number of carbonyl (C=O) groups excluding carboxylic acids is 2. The molecule has 33 heavy (non-hydrogen) atoms. The number of ether oxygens (including phenoxy) is 2. The van der Waals surface area contributed by atoms with Crippen LogP contribution in [0.3, 0.4) is 0 Å². The highest BCUT2D eigenvalue weighted by Gasteiger charge is 2.39. The van der Waals surface area contributed by atoms with Crippen LogP contribution in [0.2, 0.25) is 0 Å². The fourth-order valence-corrected chi connectivity index (χ4v) is 3.92. The second-order valence-corrected chi connectivity index (χ2v) is 8.03. The first-order valence-electron chi connectivity index (χ1n) is 10.5. The first kappa shape index (κ1) is 20.8. The molecule has 0 spiro atoms. The third-order valence-corrected chi connectivity index (χ3v) is 5.89. The summed E-state index contributed by atoms with van der Waals surface area (Å²) in [7, 11) is 0. The Morgan fingerprint density at radius 1 is 0.909 bits per heavy atom. The number of benzene rings is 3. The second kappa shape index (κ2) is 8.09. The van der Waals surface area contributed by atoms with Gasteiger partial charge in [-0.3, -0.25) is 14.5 Å². The van der Waals surface area contributed by atoms with E-state index in [0.29, 0.717) is 22.7 Å². The van der Waals surface area contributed by atoms with E-state index < -0.39 is 17.6 Å². The molecule has 0 aliphatic carbocycles. The van der Waals surface area contributed by atoms with Gasteiger partial charge in [-0.25, -0.2) is 4.39 Å². The molecule has 2 aliphatic rings. The standard InChI is InChI=1S/C26H21FN2O4/c1-15-7-8-17(11-16(15)2)23-24(28-19-9-10-21-22(12-19)33-14-32-21)26(31)29(25(23)30)13-18-5-3-4-6-20(18)27/h3-12,28H,13-14H2,1-2H3. The molecule has 2 heterocycles. The number of hydrogen-bond donors (Lipinski definition) is 1. The number of amides is 2. The average molecular weight is 444 g/mol. The number of rotatable bonds is 5. The largest absolute Gasteiger partial charge is 0.454 e. The lowest BCUT2D eigenvalue weighted by atomic mass is 9.99. The summed E-state index contributed by atoms with van der Waals surface area (Å²) in [5, 5.41) is 3.10. The first-order chi connectivity index (χ1) is 15.9. The van der Waals surface area contributed by atoms with Crippen molar-refractivity contribution >= 4 is 23.1 Å². The molecule has 0 atom stereocenters. The number of imide groups is 1. The number of carbonyl (C=O) groups is 2. The fraction of sp³-hybridized carbons (Fsp3) is 0.154. The number of hydrogen-bond acceptors (Lipinski definition) is 5. The smallest absolute Gasteiger partial charge is 0.278 e. The quantitative estimate of drug-likeness (QED) is 0.585. The molecule has 1 N–H and O–H groups in total. The molecule has 7 heteroatoms. The highest BCUT2D eigenvalue weighted by molar-refractivity contribution is 6.36. The first-order valence-corrected chi connectivity index (χ1v) is 10.5. The fourth-order valence-electron chi connectivity index (χ4n) is 3.92. The van der Waals surface area contributed by atoms with Crippen LogP contribution in [0.4, 0.5) is 10.1 Å². The zero-order chi connectivity index (χ0) is 23.1. The van der Waals surface area contributed by atoms with Crippen LogP contribution in [0.5, 0.6) is 11.5 Å². The Morgan fingerprint density at radius 3 is 2.48 bits per heavy atom. The van der Waals surface area contributed by atoms with Crippen LogP contribution in [0.1, 0.15) is 22.3 Å². The summed E-state index contributed by atoms with van der Waals surface area (Å²) in [5.74, 6) is -0.306. The van der Waals surface area contributed by atoms with E-state index in [2.05, 4.69) is 5.32 Å². The zero-order valence-corrected chi connectivity index (χ0v) is 18.1. The molecule has 2 amide bonds. The van der Waals surface area contributed by atoms with Gasteiger partial charge < -0.3 is 14.8 Å². The lowest BCUT2D eigenvalue weighted by molar-refractivity contribution is -0.137. The monoisotopic (exact) mass is 444 g/mol. The summed E-state index contributed by atoms with van der Waals surface area (Å²) >= 11 is 0. The van der Waals surface area contributed by atoms with E-state index >= 15 is 0 Å². The molecule has 0 bridgehead atoms. The van der Waals surface area contributed by atoms with Gasteiger partial charge in [-0.15, -0.1) is 0 Å². The minimum absolute atomic E-state index is 0.128. The van der Waals surface area contributed by atoms with Gasteiger partial charge in [0.05, 0.1) is 12.1 Å². The number of fused-ring (bicyclic) bond motifs is 1. The van der Waals surface area contributed by atoms with E-state index in [4.69, 9.17) is 9.47 Å². The molecular formula is C26H21FN2O4. The normalized spacial score (nSPS) is 14.9. The van der Waals surface area contributed by atoms with Crippen molar-refractivity contribution in [1.29, 1.82) is 0 Å². The van der Waals surface area contributed by atoms with Gasteiger partial charge in [0.15, 0.2) is 11.5 Å². The Labute approximate surface area is 190 Å². The Kier molecular flexibility index (Phi) is 5.09. The van der Waals surface area contributed by atoms with Crippen molar-refractivity contribution in [2.24, 2.45) is 0 Å². The van der Waals surface area contributed by atoms with Gasteiger partial charge in [0.2, 0.25) is 6.79 Å². The molecular weight excluding hydrogens is 423 g/mol. The number of aryl methyl sites for hydroxylation is 2. The maximum Gasteiger partial charge on any atom is 0.278 e. The number of anilines is 1. The molecule has 5 rings (SSSR count). The SMILES string of the molecule is Cc1ccc(C2=C(Nc3ccc4c(c3)OCO4)C(=O)N(Cc3ccccc3F)C2=O)cc1C. The van der Waals surface area contributed by atoms with E-state index in [0.717, 1.165) is 16.0 Å². The van der Waals surface area contributed by atoms with E-state index in [1.807, 2.05) is 32.0 Å². The molecule has 0 fully saturated rings. The third kappa shape index (κ3) is 3.71. The molecule has 0 aromatic heterocycles. The van der Waals surface area contributed by atoms with Gasteiger partial charge in [0, 0.05) is 17.3 Å². The summed E-state index contributed by atoms with van der Waals surface area (Å²) in [6, 6.07) is 16.9.